The van der Waals surface area contributed by atoms with Crippen molar-refractivity contribution in [3.8, 4) is 22.3 Å². The molecule has 0 aromatic heterocycles. The second-order valence-electron chi connectivity index (χ2n) is 7.08. The molecule has 0 saturated heterocycles. The Kier molecular flexibility index (Phi) is 2.97. The molecule has 27 heavy (non-hydrogen) atoms. The first kappa shape index (κ1) is 14.6. The Morgan fingerprint density at radius 2 is 1.19 bits per heavy atom. The summed E-state index contributed by atoms with van der Waals surface area (Å²) in [6.07, 6.45) is 0.0726. The van der Waals surface area contributed by atoms with Gasteiger partial charge in [-0.2, -0.15) is 0 Å². The van der Waals surface area contributed by atoms with Crippen molar-refractivity contribution in [2.45, 2.75) is 6.17 Å². The van der Waals surface area contributed by atoms with Gasteiger partial charge >= 0.3 is 0 Å². The van der Waals surface area contributed by atoms with Crippen molar-refractivity contribution in [3.05, 3.63) is 103 Å². The Hall–Kier alpha value is -3.52. The van der Waals surface area contributed by atoms with E-state index in [0.29, 0.717) is 0 Å². The lowest BCUT2D eigenvalue weighted by molar-refractivity contribution is 0.777. The van der Waals surface area contributed by atoms with Gasteiger partial charge in [-0.3, -0.25) is 0 Å². The number of anilines is 3. The molecule has 4 aromatic carbocycles. The van der Waals surface area contributed by atoms with Crippen molar-refractivity contribution in [2.24, 2.45) is 0 Å². The highest BCUT2D eigenvalue weighted by Crippen LogP contribution is 2.54. The Morgan fingerprint density at radius 3 is 2.04 bits per heavy atom. The highest BCUT2D eigenvalue weighted by molar-refractivity contribution is 5.96. The quantitative estimate of drug-likeness (QED) is 0.418. The molecule has 2 heteroatoms. The van der Waals surface area contributed by atoms with Gasteiger partial charge in [0, 0.05) is 28.1 Å². The zero-order valence-corrected chi connectivity index (χ0v) is 14.8. The average Bonchev–Trinajstić information content (AvgIpc) is 2.75. The molecule has 0 radical (unpaired) electrons. The monoisotopic (exact) mass is 346 g/mol. The predicted octanol–water partition coefficient (Wildman–Crippen LogP) is 6.60. The van der Waals surface area contributed by atoms with Gasteiger partial charge in [0.1, 0.15) is 6.17 Å². The number of hydrogen-bond donors (Lipinski definition) is 1. The maximum absolute atomic E-state index is 3.81. The zero-order chi connectivity index (χ0) is 17.8. The minimum atomic E-state index is 0.0726. The van der Waals surface area contributed by atoms with E-state index in [4.69, 9.17) is 0 Å². The number of benzene rings is 4. The molecule has 2 heterocycles. The summed E-state index contributed by atoms with van der Waals surface area (Å²) in [6.45, 7) is 0. The molecule has 0 amide bonds. The van der Waals surface area contributed by atoms with E-state index in [2.05, 4.69) is 107 Å². The number of para-hydroxylation sites is 3. The van der Waals surface area contributed by atoms with E-state index >= 15 is 0 Å². The summed E-state index contributed by atoms with van der Waals surface area (Å²) in [5.74, 6) is 0. The molecule has 2 aliphatic rings. The van der Waals surface area contributed by atoms with Crippen molar-refractivity contribution in [2.75, 3.05) is 10.2 Å². The van der Waals surface area contributed by atoms with Gasteiger partial charge in [-0.05, 0) is 35.4 Å². The fourth-order valence-corrected chi connectivity index (χ4v) is 4.51. The lowest BCUT2D eigenvalue weighted by Crippen LogP contribution is -2.35. The highest BCUT2D eigenvalue weighted by Gasteiger charge is 2.36. The maximum Gasteiger partial charge on any atom is 0.131 e. The maximum atomic E-state index is 3.81. The van der Waals surface area contributed by atoms with Crippen LogP contribution in [0, 0.1) is 0 Å². The smallest absolute Gasteiger partial charge is 0.131 e. The Balaban J connectivity index is 1.70. The molecule has 2 nitrogen and oxygen atoms in total. The zero-order valence-electron chi connectivity index (χ0n) is 14.8. The van der Waals surface area contributed by atoms with Crippen molar-refractivity contribution in [1.82, 2.24) is 0 Å². The van der Waals surface area contributed by atoms with Gasteiger partial charge in [0.2, 0.25) is 0 Å². The summed E-state index contributed by atoms with van der Waals surface area (Å²) in [6, 6.07) is 34.7. The first-order valence-electron chi connectivity index (χ1n) is 9.34. The van der Waals surface area contributed by atoms with E-state index in [0.717, 1.165) is 0 Å². The van der Waals surface area contributed by atoms with Gasteiger partial charge in [0.05, 0.1) is 5.69 Å². The van der Waals surface area contributed by atoms with Crippen LogP contribution in [0.2, 0.25) is 0 Å². The van der Waals surface area contributed by atoms with Crippen molar-refractivity contribution in [1.29, 1.82) is 0 Å². The summed E-state index contributed by atoms with van der Waals surface area (Å²) in [4.78, 5) is 2.43. The number of nitrogens with zero attached hydrogens (tertiary/aromatic N) is 1. The molecule has 1 unspecified atom stereocenters. The third-order valence-corrected chi connectivity index (χ3v) is 5.64. The number of rotatable bonds is 1. The van der Waals surface area contributed by atoms with Crippen molar-refractivity contribution < 1.29 is 0 Å². The van der Waals surface area contributed by atoms with Gasteiger partial charge in [-0.15, -0.1) is 0 Å². The fraction of sp³-hybridized carbons (Fsp3) is 0.0400. The largest absolute Gasteiger partial charge is 0.361 e. The lowest BCUT2D eigenvalue weighted by atomic mass is 9.83. The van der Waals surface area contributed by atoms with E-state index in [1.165, 1.54) is 44.9 Å². The first-order chi connectivity index (χ1) is 13.4. The highest BCUT2D eigenvalue weighted by atomic mass is 15.3. The molecule has 0 saturated carbocycles. The van der Waals surface area contributed by atoms with Crippen LogP contribution in [0.5, 0.6) is 0 Å². The van der Waals surface area contributed by atoms with Gasteiger partial charge in [-0.1, -0.05) is 72.8 Å². The molecular weight excluding hydrogens is 328 g/mol. The molecule has 1 N–H and O–H groups in total. The molecular formula is C25H18N2. The molecule has 6 rings (SSSR count). The molecule has 0 spiro atoms. The Labute approximate surface area is 158 Å². The minimum absolute atomic E-state index is 0.0726. The fourth-order valence-electron chi connectivity index (χ4n) is 4.51. The van der Waals surface area contributed by atoms with E-state index < -0.39 is 0 Å². The number of hydrogen-bond acceptors (Lipinski definition) is 2. The van der Waals surface area contributed by atoms with Crippen LogP contribution in [0.15, 0.2) is 97.1 Å². The van der Waals surface area contributed by atoms with Crippen LogP contribution in [0.3, 0.4) is 0 Å². The third-order valence-electron chi connectivity index (χ3n) is 5.64. The average molecular weight is 346 g/mol. The van der Waals surface area contributed by atoms with Gasteiger partial charge in [-0.25, -0.2) is 0 Å². The van der Waals surface area contributed by atoms with Crippen LogP contribution in [0.4, 0.5) is 17.1 Å². The number of nitrogens with one attached hydrogen (secondary N) is 1. The minimum Gasteiger partial charge on any atom is -0.361 e. The molecule has 0 fully saturated rings. The van der Waals surface area contributed by atoms with E-state index in [9.17, 15) is 0 Å². The standard InChI is InChI=1S/C25H18N2/c1-2-9-17(10-3-1)27-23-16-7-5-12-19(23)21-14-8-13-20-18-11-4-6-15-22(18)26-25(27)24(20)21/h1-16,25-26H. The summed E-state index contributed by atoms with van der Waals surface area (Å²) >= 11 is 0. The normalized spacial score (nSPS) is 16.0. The van der Waals surface area contributed by atoms with Crippen LogP contribution < -0.4 is 10.2 Å². The summed E-state index contributed by atoms with van der Waals surface area (Å²) in [5.41, 5.74) is 10.2. The van der Waals surface area contributed by atoms with E-state index in [-0.39, 0.29) is 6.17 Å². The molecule has 128 valence electrons. The molecule has 2 aliphatic heterocycles. The summed E-state index contributed by atoms with van der Waals surface area (Å²) < 4.78 is 0. The van der Waals surface area contributed by atoms with Crippen molar-refractivity contribution >= 4 is 17.1 Å². The topological polar surface area (TPSA) is 15.3 Å². The Bertz CT molecular complexity index is 1150. The SMILES string of the molecule is c1ccc(N2c3ccccc3-c3cccc4c3C2Nc2ccccc2-4)cc1. The summed E-state index contributed by atoms with van der Waals surface area (Å²) in [5, 5.41) is 3.81. The predicted molar refractivity (Wildman–Crippen MR) is 112 cm³/mol. The van der Waals surface area contributed by atoms with Crippen LogP contribution in [0.1, 0.15) is 11.7 Å². The van der Waals surface area contributed by atoms with E-state index in [1.807, 2.05) is 0 Å². The molecule has 0 bridgehead atoms. The molecule has 4 aromatic rings. The molecule has 0 aliphatic carbocycles. The van der Waals surface area contributed by atoms with Crippen LogP contribution >= 0.6 is 0 Å². The van der Waals surface area contributed by atoms with Crippen LogP contribution in [-0.2, 0) is 0 Å². The van der Waals surface area contributed by atoms with Crippen molar-refractivity contribution in [3.63, 3.8) is 0 Å². The second kappa shape index (κ2) is 5.49. The summed E-state index contributed by atoms with van der Waals surface area (Å²) in [7, 11) is 0. The van der Waals surface area contributed by atoms with Crippen LogP contribution in [-0.4, -0.2) is 0 Å². The second-order valence-corrected chi connectivity index (χ2v) is 7.08. The van der Waals surface area contributed by atoms with Gasteiger partial charge < -0.3 is 10.2 Å². The Morgan fingerprint density at radius 1 is 0.556 bits per heavy atom. The molecule has 1 atom stereocenters. The third kappa shape index (κ3) is 2.01. The van der Waals surface area contributed by atoms with Gasteiger partial charge in [0.15, 0.2) is 0 Å². The van der Waals surface area contributed by atoms with E-state index in [1.54, 1.807) is 0 Å². The first-order valence-corrected chi connectivity index (χ1v) is 9.34. The van der Waals surface area contributed by atoms with Crippen LogP contribution in [0.25, 0.3) is 22.3 Å². The van der Waals surface area contributed by atoms with Gasteiger partial charge in [0.25, 0.3) is 0 Å². The number of fused-ring (bicyclic) bond motifs is 4. The lowest BCUT2D eigenvalue weighted by Gasteiger charge is -2.44.